The van der Waals surface area contributed by atoms with Gasteiger partial charge in [0, 0.05) is 12.5 Å². The molecule has 2 aromatic carbocycles. The van der Waals surface area contributed by atoms with E-state index in [1.807, 2.05) is 61.5 Å². The van der Waals surface area contributed by atoms with E-state index in [9.17, 15) is 9.59 Å². The van der Waals surface area contributed by atoms with Crippen LogP contribution in [0.3, 0.4) is 0 Å². The van der Waals surface area contributed by atoms with E-state index < -0.39 is 5.97 Å². The first kappa shape index (κ1) is 19.9. The quantitative estimate of drug-likeness (QED) is 0.584. The highest BCUT2D eigenvalue weighted by Gasteiger charge is 2.29. The number of carbonyl (C=O) groups is 2. The van der Waals surface area contributed by atoms with E-state index in [0.717, 1.165) is 30.6 Å². The molecule has 0 unspecified atom stereocenters. The molecule has 0 atom stereocenters. The summed E-state index contributed by atoms with van der Waals surface area (Å²) in [6.45, 7) is 2.23. The molecule has 4 rings (SSSR count). The predicted octanol–water partition coefficient (Wildman–Crippen LogP) is 3.57. The lowest BCUT2D eigenvalue weighted by Crippen LogP contribution is -2.30. The molecule has 0 aliphatic heterocycles. The summed E-state index contributed by atoms with van der Waals surface area (Å²) in [7, 11) is 0. The third kappa shape index (κ3) is 4.76. The number of carbonyl (C=O) groups excluding carboxylic acids is 2. The van der Waals surface area contributed by atoms with Crippen molar-refractivity contribution < 1.29 is 14.3 Å². The average molecular weight is 403 g/mol. The maximum Gasteiger partial charge on any atom is 0.357 e. The molecule has 1 heterocycles. The molecular formula is C24H25N3O3. The second kappa shape index (κ2) is 8.95. The number of benzene rings is 2. The third-order valence-electron chi connectivity index (χ3n) is 5.25. The van der Waals surface area contributed by atoms with Gasteiger partial charge in [-0.1, -0.05) is 42.5 Å². The van der Waals surface area contributed by atoms with E-state index in [4.69, 9.17) is 4.74 Å². The number of amides is 1. The Morgan fingerprint density at radius 3 is 2.57 bits per heavy atom. The van der Waals surface area contributed by atoms with Crippen LogP contribution in [-0.2, 0) is 16.0 Å². The number of esters is 1. The van der Waals surface area contributed by atoms with Gasteiger partial charge in [-0.05, 0) is 55.5 Å². The molecule has 0 saturated heterocycles. The molecular weight excluding hydrogens is 378 g/mol. The molecule has 30 heavy (non-hydrogen) atoms. The number of nitrogens with zero attached hydrogens (tertiary/aromatic N) is 2. The summed E-state index contributed by atoms with van der Waals surface area (Å²) in [5, 5.41) is 7.40. The van der Waals surface area contributed by atoms with Crippen LogP contribution in [0.25, 0.3) is 5.69 Å². The van der Waals surface area contributed by atoms with Gasteiger partial charge in [0.25, 0.3) is 5.91 Å². The van der Waals surface area contributed by atoms with Gasteiger partial charge in [0.2, 0.25) is 0 Å². The number of aromatic nitrogens is 2. The zero-order valence-corrected chi connectivity index (χ0v) is 17.0. The van der Waals surface area contributed by atoms with Crippen LogP contribution in [-0.4, -0.2) is 34.8 Å². The van der Waals surface area contributed by atoms with Crippen LogP contribution in [0.4, 0.5) is 0 Å². The molecule has 1 N–H and O–H groups in total. The van der Waals surface area contributed by atoms with Gasteiger partial charge in [-0.2, -0.15) is 5.10 Å². The molecule has 0 radical (unpaired) electrons. The molecule has 1 aliphatic rings. The van der Waals surface area contributed by atoms with Gasteiger partial charge in [-0.25, -0.2) is 9.48 Å². The van der Waals surface area contributed by atoms with Crippen LogP contribution < -0.4 is 5.32 Å². The summed E-state index contributed by atoms with van der Waals surface area (Å²) < 4.78 is 6.88. The monoisotopic (exact) mass is 403 g/mol. The molecule has 6 nitrogen and oxygen atoms in total. The summed E-state index contributed by atoms with van der Waals surface area (Å²) in [5.74, 6) is -0.455. The molecule has 3 aromatic rings. The van der Waals surface area contributed by atoms with E-state index in [1.165, 1.54) is 11.1 Å². The summed E-state index contributed by atoms with van der Waals surface area (Å²) >= 11 is 0. The lowest BCUT2D eigenvalue weighted by Gasteiger charge is -2.09. The molecule has 1 aliphatic carbocycles. The molecule has 0 spiro atoms. The Morgan fingerprint density at radius 2 is 1.83 bits per heavy atom. The summed E-state index contributed by atoms with van der Waals surface area (Å²) in [4.78, 5) is 24.8. The number of hydrogen-bond acceptors (Lipinski definition) is 4. The minimum atomic E-state index is -0.549. The van der Waals surface area contributed by atoms with Gasteiger partial charge in [-0.15, -0.1) is 0 Å². The minimum absolute atomic E-state index is 0.314. The second-order valence-electron chi connectivity index (χ2n) is 7.58. The van der Waals surface area contributed by atoms with E-state index in [2.05, 4.69) is 10.4 Å². The summed E-state index contributed by atoms with van der Waals surface area (Å²) in [6.07, 6.45) is 2.91. The predicted molar refractivity (Wildman–Crippen MR) is 114 cm³/mol. The van der Waals surface area contributed by atoms with Crippen molar-refractivity contribution in [3.05, 3.63) is 83.2 Å². The Labute approximate surface area is 175 Å². The fraction of sp³-hybridized carbons (Fsp3) is 0.292. The molecule has 1 amide bonds. The van der Waals surface area contributed by atoms with Crippen LogP contribution in [0.5, 0.6) is 0 Å². The van der Waals surface area contributed by atoms with Crippen LogP contribution in [0.2, 0.25) is 0 Å². The largest absolute Gasteiger partial charge is 0.451 e. The molecule has 1 fully saturated rings. The summed E-state index contributed by atoms with van der Waals surface area (Å²) in [5.41, 5.74) is 4.41. The van der Waals surface area contributed by atoms with Gasteiger partial charge in [0.05, 0.1) is 11.4 Å². The highest BCUT2D eigenvalue weighted by atomic mass is 16.5. The van der Waals surface area contributed by atoms with E-state index in [-0.39, 0.29) is 12.5 Å². The first-order valence-electron chi connectivity index (χ1n) is 10.3. The topological polar surface area (TPSA) is 73.2 Å². The van der Waals surface area contributed by atoms with Crippen LogP contribution in [0.15, 0.2) is 60.7 Å². The maximum absolute atomic E-state index is 12.7. The zero-order valence-electron chi connectivity index (χ0n) is 17.0. The van der Waals surface area contributed by atoms with E-state index in [0.29, 0.717) is 18.2 Å². The SMILES string of the molecule is Cc1ccccc1CCNC(=O)COC(=O)c1cc(C2CC2)nn1-c1ccccc1. The number of nitrogens with one attached hydrogen (secondary N) is 1. The Morgan fingerprint density at radius 1 is 1.10 bits per heavy atom. The number of ether oxygens (including phenoxy) is 1. The third-order valence-corrected chi connectivity index (χ3v) is 5.25. The van der Waals surface area contributed by atoms with Crippen molar-refractivity contribution in [2.45, 2.75) is 32.1 Å². The lowest BCUT2D eigenvalue weighted by molar-refractivity contribution is -0.124. The Bertz CT molecular complexity index is 1040. The van der Waals surface area contributed by atoms with Crippen molar-refractivity contribution in [3.63, 3.8) is 0 Å². The summed E-state index contributed by atoms with van der Waals surface area (Å²) in [6, 6.07) is 19.3. The first-order chi connectivity index (χ1) is 14.6. The standard InChI is InChI=1S/C24H25N3O3/c1-17-7-5-6-8-18(17)13-14-25-23(28)16-30-24(29)22-15-21(19-11-12-19)26-27(22)20-9-3-2-4-10-20/h2-10,15,19H,11-14,16H2,1H3,(H,25,28). The van der Waals surface area contributed by atoms with Crippen molar-refractivity contribution in [1.29, 1.82) is 0 Å². The second-order valence-corrected chi connectivity index (χ2v) is 7.58. The van der Waals surface area contributed by atoms with Crippen LogP contribution >= 0.6 is 0 Å². The molecule has 1 saturated carbocycles. The molecule has 1 aromatic heterocycles. The number of rotatable bonds is 8. The van der Waals surface area contributed by atoms with Crippen molar-refractivity contribution in [1.82, 2.24) is 15.1 Å². The van der Waals surface area contributed by atoms with Crippen molar-refractivity contribution in [2.75, 3.05) is 13.2 Å². The maximum atomic E-state index is 12.7. The van der Waals surface area contributed by atoms with E-state index in [1.54, 1.807) is 10.7 Å². The van der Waals surface area contributed by atoms with Gasteiger partial charge >= 0.3 is 5.97 Å². The average Bonchev–Trinajstić information content (AvgIpc) is 3.52. The van der Waals surface area contributed by atoms with Gasteiger partial charge in [0.15, 0.2) is 12.3 Å². The van der Waals surface area contributed by atoms with Gasteiger partial charge < -0.3 is 10.1 Å². The van der Waals surface area contributed by atoms with Crippen molar-refractivity contribution >= 4 is 11.9 Å². The fourth-order valence-electron chi connectivity index (χ4n) is 3.37. The smallest absolute Gasteiger partial charge is 0.357 e. The number of hydrogen-bond donors (Lipinski definition) is 1. The Kier molecular flexibility index (Phi) is 5.93. The normalized spacial score (nSPS) is 13.1. The molecule has 0 bridgehead atoms. The minimum Gasteiger partial charge on any atom is -0.451 e. The number of para-hydroxylation sites is 1. The fourth-order valence-corrected chi connectivity index (χ4v) is 3.37. The first-order valence-corrected chi connectivity index (χ1v) is 10.3. The lowest BCUT2D eigenvalue weighted by atomic mass is 10.1. The Balaban J connectivity index is 1.34. The van der Waals surface area contributed by atoms with Crippen LogP contribution in [0, 0.1) is 6.92 Å². The number of aryl methyl sites for hydroxylation is 1. The van der Waals surface area contributed by atoms with Crippen molar-refractivity contribution in [3.8, 4) is 5.69 Å². The van der Waals surface area contributed by atoms with E-state index >= 15 is 0 Å². The van der Waals surface area contributed by atoms with Crippen LogP contribution in [0.1, 0.15) is 46.1 Å². The van der Waals surface area contributed by atoms with Crippen molar-refractivity contribution in [2.24, 2.45) is 0 Å². The molecule has 6 heteroatoms. The highest BCUT2D eigenvalue weighted by Crippen LogP contribution is 2.39. The molecule has 154 valence electrons. The van der Waals surface area contributed by atoms with Gasteiger partial charge in [-0.3, -0.25) is 4.79 Å². The zero-order chi connectivity index (χ0) is 20.9. The van der Waals surface area contributed by atoms with Gasteiger partial charge in [0.1, 0.15) is 0 Å². The highest BCUT2D eigenvalue weighted by molar-refractivity contribution is 5.90. The Hall–Kier alpha value is -3.41.